The summed E-state index contributed by atoms with van der Waals surface area (Å²) < 4.78 is 9.92. The first-order valence-corrected chi connectivity index (χ1v) is 5.32. The van der Waals surface area contributed by atoms with Gasteiger partial charge in [0.15, 0.2) is 0 Å². The highest BCUT2D eigenvalue weighted by Gasteiger charge is 2.08. The number of fused-ring (bicyclic) bond motifs is 1. The van der Waals surface area contributed by atoms with Gasteiger partial charge in [-0.15, -0.1) is 0 Å². The number of hydrogen-bond donors (Lipinski definition) is 0. The van der Waals surface area contributed by atoms with E-state index in [1.807, 2.05) is 31.2 Å². The third kappa shape index (κ3) is 2.09. The lowest BCUT2D eigenvalue weighted by molar-refractivity contribution is 0.0601. The molecule has 0 unspecified atom stereocenters. The number of rotatable bonds is 2. The highest BCUT2D eigenvalue weighted by Crippen LogP contribution is 2.26. The summed E-state index contributed by atoms with van der Waals surface area (Å²) in [4.78, 5) is 11.4. The van der Waals surface area contributed by atoms with Crippen molar-refractivity contribution < 1.29 is 14.3 Å². The van der Waals surface area contributed by atoms with Crippen molar-refractivity contribution in [1.29, 1.82) is 0 Å². The molecule has 3 heteroatoms. The Hall–Kier alpha value is -2.03. The number of hydrogen-bond acceptors (Lipinski definition) is 3. The lowest BCUT2D eigenvalue weighted by Gasteiger charge is -2.07. The minimum atomic E-state index is -0.317. The average molecular weight is 230 g/mol. The molecule has 0 aliphatic rings. The quantitative estimate of drug-likeness (QED) is 0.744. The standard InChI is InChI=1S/C14H14O3/c1-9-6-12(16-2)7-10-4-5-11(8-13(9)10)14(15)17-3/h4-8H,1-3H3. The molecule has 0 heterocycles. The summed E-state index contributed by atoms with van der Waals surface area (Å²) in [7, 11) is 3.02. The Labute approximate surface area is 100.0 Å². The summed E-state index contributed by atoms with van der Waals surface area (Å²) in [5, 5.41) is 2.09. The van der Waals surface area contributed by atoms with Crippen LogP contribution < -0.4 is 4.74 Å². The summed E-state index contributed by atoms with van der Waals surface area (Å²) in [6, 6.07) is 9.40. The van der Waals surface area contributed by atoms with Crippen LogP contribution in [0.5, 0.6) is 5.75 Å². The predicted octanol–water partition coefficient (Wildman–Crippen LogP) is 2.94. The zero-order valence-corrected chi connectivity index (χ0v) is 10.1. The van der Waals surface area contributed by atoms with Crippen LogP contribution >= 0.6 is 0 Å². The molecule has 0 N–H and O–H groups in total. The molecule has 2 aromatic carbocycles. The minimum absolute atomic E-state index is 0.317. The Bertz CT molecular complexity index is 573. The molecule has 0 amide bonds. The van der Waals surface area contributed by atoms with E-state index >= 15 is 0 Å². The fourth-order valence-electron chi connectivity index (χ4n) is 1.87. The minimum Gasteiger partial charge on any atom is -0.497 e. The van der Waals surface area contributed by atoms with Gasteiger partial charge in [0.2, 0.25) is 0 Å². The maximum Gasteiger partial charge on any atom is 0.337 e. The molecular formula is C14H14O3. The molecule has 0 aliphatic carbocycles. The first-order valence-electron chi connectivity index (χ1n) is 5.32. The number of aryl methyl sites for hydroxylation is 1. The van der Waals surface area contributed by atoms with Gasteiger partial charge in [-0.25, -0.2) is 4.79 Å². The van der Waals surface area contributed by atoms with Crippen molar-refractivity contribution in [2.75, 3.05) is 14.2 Å². The highest BCUT2D eigenvalue weighted by molar-refractivity contribution is 5.96. The monoisotopic (exact) mass is 230 g/mol. The van der Waals surface area contributed by atoms with E-state index in [9.17, 15) is 4.79 Å². The Morgan fingerprint density at radius 2 is 1.88 bits per heavy atom. The van der Waals surface area contributed by atoms with Gasteiger partial charge in [-0.2, -0.15) is 0 Å². The van der Waals surface area contributed by atoms with E-state index in [0.29, 0.717) is 5.56 Å². The average Bonchev–Trinajstić information content (AvgIpc) is 2.37. The normalized spacial score (nSPS) is 10.3. The highest BCUT2D eigenvalue weighted by atomic mass is 16.5. The van der Waals surface area contributed by atoms with Crippen molar-refractivity contribution in [2.24, 2.45) is 0 Å². The van der Waals surface area contributed by atoms with Gasteiger partial charge >= 0.3 is 5.97 Å². The maximum atomic E-state index is 11.4. The van der Waals surface area contributed by atoms with Gasteiger partial charge in [-0.1, -0.05) is 6.07 Å². The predicted molar refractivity (Wildman–Crippen MR) is 66.6 cm³/mol. The smallest absolute Gasteiger partial charge is 0.337 e. The fourth-order valence-corrected chi connectivity index (χ4v) is 1.87. The van der Waals surface area contributed by atoms with Crippen molar-refractivity contribution in [3.8, 4) is 5.75 Å². The molecule has 0 radical (unpaired) electrons. The Morgan fingerprint density at radius 3 is 2.53 bits per heavy atom. The molecule has 3 nitrogen and oxygen atoms in total. The van der Waals surface area contributed by atoms with Crippen molar-refractivity contribution in [3.05, 3.63) is 41.5 Å². The van der Waals surface area contributed by atoms with Crippen LogP contribution in [0.1, 0.15) is 15.9 Å². The molecule has 0 fully saturated rings. The molecule has 0 saturated heterocycles. The van der Waals surface area contributed by atoms with Crippen LogP contribution in [0.3, 0.4) is 0 Å². The number of esters is 1. The maximum absolute atomic E-state index is 11.4. The summed E-state index contributed by atoms with van der Waals surface area (Å²) >= 11 is 0. The van der Waals surface area contributed by atoms with Crippen molar-refractivity contribution in [3.63, 3.8) is 0 Å². The van der Waals surface area contributed by atoms with Gasteiger partial charge in [0, 0.05) is 0 Å². The lowest BCUT2D eigenvalue weighted by atomic mass is 10.0. The Balaban J connectivity index is 2.62. The van der Waals surface area contributed by atoms with Gasteiger partial charge in [-0.05, 0) is 47.5 Å². The van der Waals surface area contributed by atoms with Crippen molar-refractivity contribution in [2.45, 2.75) is 6.92 Å². The van der Waals surface area contributed by atoms with Crippen molar-refractivity contribution >= 4 is 16.7 Å². The van der Waals surface area contributed by atoms with Crippen LogP contribution in [-0.2, 0) is 4.74 Å². The fraction of sp³-hybridized carbons (Fsp3) is 0.214. The SMILES string of the molecule is COC(=O)c1ccc2cc(OC)cc(C)c2c1. The molecule has 0 bridgehead atoms. The van der Waals surface area contributed by atoms with E-state index in [2.05, 4.69) is 0 Å². The van der Waals surface area contributed by atoms with Gasteiger partial charge in [0.05, 0.1) is 19.8 Å². The van der Waals surface area contributed by atoms with Crippen LogP contribution in [-0.4, -0.2) is 20.2 Å². The lowest BCUT2D eigenvalue weighted by Crippen LogP contribution is -2.00. The van der Waals surface area contributed by atoms with Gasteiger partial charge in [0.25, 0.3) is 0 Å². The number of methoxy groups -OCH3 is 2. The summed E-state index contributed by atoms with van der Waals surface area (Å²) in [6.07, 6.45) is 0. The van der Waals surface area contributed by atoms with Crippen molar-refractivity contribution in [1.82, 2.24) is 0 Å². The molecule has 0 aromatic heterocycles. The van der Waals surface area contributed by atoms with Gasteiger partial charge < -0.3 is 9.47 Å². The van der Waals surface area contributed by atoms with E-state index in [0.717, 1.165) is 22.1 Å². The third-order valence-corrected chi connectivity index (χ3v) is 2.79. The molecule has 0 atom stereocenters. The van der Waals surface area contributed by atoms with Crippen LogP contribution in [0.15, 0.2) is 30.3 Å². The zero-order chi connectivity index (χ0) is 12.4. The second kappa shape index (κ2) is 4.45. The van der Waals surface area contributed by atoms with Crippen LogP contribution in [0.2, 0.25) is 0 Å². The summed E-state index contributed by atoms with van der Waals surface area (Å²) in [6.45, 7) is 1.99. The Kier molecular flexibility index (Phi) is 3.00. The molecular weight excluding hydrogens is 216 g/mol. The van der Waals surface area contributed by atoms with Gasteiger partial charge in [-0.3, -0.25) is 0 Å². The van der Waals surface area contributed by atoms with E-state index < -0.39 is 0 Å². The van der Waals surface area contributed by atoms with E-state index in [1.54, 1.807) is 13.2 Å². The Morgan fingerprint density at radius 1 is 1.12 bits per heavy atom. The largest absolute Gasteiger partial charge is 0.497 e. The second-order valence-corrected chi connectivity index (χ2v) is 3.87. The molecule has 88 valence electrons. The first kappa shape index (κ1) is 11.5. The molecule has 17 heavy (non-hydrogen) atoms. The molecule has 2 aromatic rings. The molecule has 0 aliphatic heterocycles. The van der Waals surface area contributed by atoms with E-state index in [1.165, 1.54) is 7.11 Å². The first-order chi connectivity index (χ1) is 8.15. The van der Waals surface area contributed by atoms with E-state index in [-0.39, 0.29) is 5.97 Å². The number of carbonyl (C=O) groups excluding carboxylic acids is 1. The second-order valence-electron chi connectivity index (χ2n) is 3.87. The van der Waals surface area contributed by atoms with Crippen LogP contribution in [0.4, 0.5) is 0 Å². The third-order valence-electron chi connectivity index (χ3n) is 2.79. The van der Waals surface area contributed by atoms with E-state index in [4.69, 9.17) is 9.47 Å². The van der Waals surface area contributed by atoms with Crippen LogP contribution in [0.25, 0.3) is 10.8 Å². The molecule has 0 saturated carbocycles. The molecule has 2 rings (SSSR count). The number of ether oxygens (including phenoxy) is 2. The summed E-state index contributed by atoms with van der Waals surface area (Å²) in [5.74, 6) is 0.503. The van der Waals surface area contributed by atoms with Crippen LogP contribution in [0, 0.1) is 6.92 Å². The summed E-state index contributed by atoms with van der Waals surface area (Å²) in [5.41, 5.74) is 1.64. The van der Waals surface area contributed by atoms with Gasteiger partial charge in [0.1, 0.15) is 5.75 Å². The number of benzene rings is 2. The molecule has 0 spiro atoms. The number of carbonyl (C=O) groups is 1. The zero-order valence-electron chi connectivity index (χ0n) is 10.1. The topological polar surface area (TPSA) is 35.5 Å².